The minimum atomic E-state index is -0.207. The fraction of sp³-hybridized carbons (Fsp3) is 0.304. The number of amides is 2. The van der Waals surface area contributed by atoms with Gasteiger partial charge in [0.1, 0.15) is 5.75 Å². The molecule has 0 saturated carbocycles. The fourth-order valence-electron chi connectivity index (χ4n) is 3.14. The lowest BCUT2D eigenvalue weighted by Gasteiger charge is -2.10. The highest BCUT2D eigenvalue weighted by atomic mass is 32.2. The van der Waals surface area contributed by atoms with Gasteiger partial charge in [0.25, 0.3) is 5.91 Å². The molecule has 3 aromatic rings. The fourth-order valence-corrected chi connectivity index (χ4v) is 3.97. The topological polar surface area (TPSA) is 98.1 Å². The van der Waals surface area contributed by atoms with Crippen LogP contribution in [0.15, 0.2) is 53.7 Å². The Balaban J connectivity index is 1.57. The second-order valence-corrected chi connectivity index (χ2v) is 7.84. The van der Waals surface area contributed by atoms with Crippen molar-refractivity contribution in [3.05, 3.63) is 65.5 Å². The highest BCUT2D eigenvalue weighted by Gasteiger charge is 2.15. The third-order valence-corrected chi connectivity index (χ3v) is 5.84. The van der Waals surface area contributed by atoms with Gasteiger partial charge in [-0.15, -0.1) is 10.2 Å². The molecule has 8 nitrogen and oxygen atoms in total. The highest BCUT2D eigenvalue weighted by Crippen LogP contribution is 2.20. The average molecular weight is 454 g/mol. The summed E-state index contributed by atoms with van der Waals surface area (Å²) in [7, 11) is 1.58. The first kappa shape index (κ1) is 23.3. The SMILES string of the molecule is CCc1ccccc1NC(=O)CSc1nnc(CNC(=O)c2ccc(OC)cc2)n1CC. The lowest BCUT2D eigenvalue weighted by atomic mass is 10.1. The van der Waals surface area contributed by atoms with E-state index in [-0.39, 0.29) is 24.1 Å². The van der Waals surface area contributed by atoms with Crippen LogP contribution in [-0.2, 0) is 24.3 Å². The number of nitrogens with one attached hydrogen (secondary N) is 2. The third kappa shape index (κ3) is 5.88. The quantitative estimate of drug-likeness (QED) is 0.456. The molecule has 0 fully saturated rings. The predicted molar refractivity (Wildman–Crippen MR) is 125 cm³/mol. The van der Waals surface area contributed by atoms with Crippen molar-refractivity contribution in [1.29, 1.82) is 0 Å². The van der Waals surface area contributed by atoms with Crippen LogP contribution in [0, 0.1) is 0 Å². The van der Waals surface area contributed by atoms with E-state index in [2.05, 4.69) is 27.8 Å². The van der Waals surface area contributed by atoms with E-state index in [9.17, 15) is 9.59 Å². The Kier molecular flexibility index (Phi) is 8.27. The maximum absolute atomic E-state index is 12.4. The molecule has 0 radical (unpaired) electrons. The van der Waals surface area contributed by atoms with Crippen LogP contribution in [0.1, 0.15) is 35.6 Å². The molecule has 32 heavy (non-hydrogen) atoms. The summed E-state index contributed by atoms with van der Waals surface area (Å²) >= 11 is 1.32. The number of carbonyl (C=O) groups excluding carboxylic acids is 2. The van der Waals surface area contributed by atoms with Crippen molar-refractivity contribution in [2.45, 2.75) is 38.5 Å². The predicted octanol–water partition coefficient (Wildman–Crippen LogP) is 3.53. The lowest BCUT2D eigenvalue weighted by molar-refractivity contribution is -0.113. The van der Waals surface area contributed by atoms with Crippen molar-refractivity contribution in [2.75, 3.05) is 18.2 Å². The smallest absolute Gasteiger partial charge is 0.251 e. The van der Waals surface area contributed by atoms with Gasteiger partial charge < -0.3 is 19.9 Å². The molecule has 0 aliphatic rings. The number of benzene rings is 2. The zero-order chi connectivity index (χ0) is 22.9. The van der Waals surface area contributed by atoms with Gasteiger partial charge in [-0.1, -0.05) is 36.9 Å². The van der Waals surface area contributed by atoms with Crippen LogP contribution in [0.25, 0.3) is 0 Å². The second kappa shape index (κ2) is 11.3. The maximum atomic E-state index is 12.4. The van der Waals surface area contributed by atoms with Crippen molar-refractivity contribution in [1.82, 2.24) is 20.1 Å². The minimum absolute atomic E-state index is 0.101. The van der Waals surface area contributed by atoms with Crippen molar-refractivity contribution in [3.8, 4) is 5.75 Å². The number of aromatic nitrogens is 3. The van der Waals surface area contributed by atoms with Crippen LogP contribution in [0.2, 0.25) is 0 Å². The van der Waals surface area contributed by atoms with Gasteiger partial charge in [-0.05, 0) is 49.2 Å². The summed E-state index contributed by atoms with van der Waals surface area (Å²) in [6, 6.07) is 14.7. The van der Waals surface area contributed by atoms with E-state index in [1.54, 1.807) is 31.4 Å². The molecule has 168 valence electrons. The molecule has 0 saturated heterocycles. The van der Waals surface area contributed by atoms with Crippen LogP contribution in [0.4, 0.5) is 5.69 Å². The molecular formula is C23H27N5O3S. The number of hydrogen-bond donors (Lipinski definition) is 2. The molecule has 0 unspecified atom stereocenters. The summed E-state index contributed by atoms with van der Waals surface area (Å²) in [5.41, 5.74) is 2.46. The number of nitrogens with zero attached hydrogens (tertiary/aromatic N) is 3. The standard InChI is InChI=1S/C23H27N5O3S/c1-4-16-8-6-7-9-19(16)25-21(29)15-32-23-27-26-20(28(23)5-2)14-24-22(30)17-10-12-18(31-3)13-11-17/h6-13H,4-5,14-15H2,1-3H3,(H,24,30)(H,25,29). The number of methoxy groups -OCH3 is 1. The second-order valence-electron chi connectivity index (χ2n) is 6.90. The summed E-state index contributed by atoms with van der Waals surface area (Å²) in [5, 5.41) is 14.9. The van der Waals surface area contributed by atoms with Gasteiger partial charge in [0, 0.05) is 17.8 Å². The molecule has 0 spiro atoms. The zero-order valence-electron chi connectivity index (χ0n) is 18.4. The van der Waals surface area contributed by atoms with Crippen LogP contribution in [0.3, 0.4) is 0 Å². The summed E-state index contributed by atoms with van der Waals surface area (Å²) < 4.78 is 7.01. The van der Waals surface area contributed by atoms with Crippen molar-refractivity contribution < 1.29 is 14.3 Å². The van der Waals surface area contributed by atoms with Crippen molar-refractivity contribution in [3.63, 3.8) is 0 Å². The number of thioether (sulfide) groups is 1. The Hall–Kier alpha value is -3.33. The molecule has 1 heterocycles. The maximum Gasteiger partial charge on any atom is 0.251 e. The monoisotopic (exact) mass is 453 g/mol. The zero-order valence-corrected chi connectivity index (χ0v) is 19.2. The van der Waals surface area contributed by atoms with Crippen molar-refractivity contribution in [2.24, 2.45) is 0 Å². The Bertz CT molecular complexity index is 1070. The Morgan fingerprint density at radius 3 is 2.50 bits per heavy atom. The van der Waals surface area contributed by atoms with Gasteiger partial charge in [-0.2, -0.15) is 0 Å². The number of hydrogen-bond acceptors (Lipinski definition) is 6. The van der Waals surface area contributed by atoms with Gasteiger partial charge in [-0.3, -0.25) is 9.59 Å². The molecule has 0 aliphatic heterocycles. The summed E-state index contributed by atoms with van der Waals surface area (Å²) in [5.74, 6) is 1.23. The lowest BCUT2D eigenvalue weighted by Crippen LogP contribution is -2.24. The molecule has 2 amide bonds. The molecule has 1 aromatic heterocycles. The van der Waals surface area contributed by atoms with Crippen LogP contribution < -0.4 is 15.4 Å². The van der Waals surface area contributed by atoms with E-state index in [1.165, 1.54) is 11.8 Å². The van der Waals surface area contributed by atoms with Gasteiger partial charge in [0.15, 0.2) is 11.0 Å². The normalized spacial score (nSPS) is 10.6. The van der Waals surface area contributed by atoms with Gasteiger partial charge in [0.05, 0.1) is 19.4 Å². The molecule has 0 bridgehead atoms. The van der Waals surface area contributed by atoms with E-state index >= 15 is 0 Å². The van der Waals surface area contributed by atoms with Crippen LogP contribution >= 0.6 is 11.8 Å². The first-order valence-electron chi connectivity index (χ1n) is 10.4. The Morgan fingerprint density at radius 1 is 1.06 bits per heavy atom. The molecule has 0 aliphatic carbocycles. The number of aryl methyl sites for hydroxylation is 1. The largest absolute Gasteiger partial charge is 0.497 e. The number of rotatable bonds is 10. The van der Waals surface area contributed by atoms with E-state index in [4.69, 9.17) is 4.74 Å². The number of anilines is 1. The molecule has 2 aromatic carbocycles. The van der Waals surface area contributed by atoms with E-state index < -0.39 is 0 Å². The van der Waals surface area contributed by atoms with Gasteiger partial charge >= 0.3 is 0 Å². The molecule has 0 atom stereocenters. The Morgan fingerprint density at radius 2 is 1.81 bits per heavy atom. The summed E-state index contributed by atoms with van der Waals surface area (Å²) in [4.78, 5) is 24.8. The van der Waals surface area contributed by atoms with E-state index in [0.29, 0.717) is 28.8 Å². The average Bonchev–Trinajstić information content (AvgIpc) is 3.23. The number of ether oxygens (including phenoxy) is 1. The molecule has 9 heteroatoms. The molecule has 2 N–H and O–H groups in total. The van der Waals surface area contributed by atoms with Gasteiger partial charge in [-0.25, -0.2) is 0 Å². The first-order chi connectivity index (χ1) is 15.5. The first-order valence-corrected chi connectivity index (χ1v) is 11.4. The number of carbonyl (C=O) groups is 2. The van der Waals surface area contributed by atoms with Crippen LogP contribution in [0.5, 0.6) is 5.75 Å². The van der Waals surface area contributed by atoms with E-state index in [1.807, 2.05) is 35.8 Å². The highest BCUT2D eigenvalue weighted by molar-refractivity contribution is 7.99. The number of para-hydroxylation sites is 1. The van der Waals surface area contributed by atoms with E-state index in [0.717, 1.165) is 17.7 Å². The molecular weight excluding hydrogens is 426 g/mol. The van der Waals surface area contributed by atoms with Crippen LogP contribution in [-0.4, -0.2) is 39.4 Å². The molecule has 3 rings (SSSR count). The third-order valence-electron chi connectivity index (χ3n) is 4.87. The summed E-state index contributed by atoms with van der Waals surface area (Å²) in [6.07, 6.45) is 0.847. The van der Waals surface area contributed by atoms with Crippen molar-refractivity contribution >= 4 is 29.3 Å². The summed E-state index contributed by atoms with van der Waals surface area (Å²) in [6.45, 7) is 4.89. The van der Waals surface area contributed by atoms with Gasteiger partial charge in [0.2, 0.25) is 5.91 Å². The Labute approximate surface area is 191 Å². The minimum Gasteiger partial charge on any atom is -0.497 e.